The highest BCUT2D eigenvalue weighted by atomic mass is 35.5. The lowest BCUT2D eigenvalue weighted by Gasteiger charge is -2.22. The summed E-state index contributed by atoms with van der Waals surface area (Å²) in [6.07, 6.45) is 2.18. The number of halogens is 5. The molecule has 2 aromatic carbocycles. The summed E-state index contributed by atoms with van der Waals surface area (Å²) >= 11 is 25.1. The van der Waals surface area contributed by atoms with Crippen molar-refractivity contribution in [2.24, 2.45) is 5.16 Å². The van der Waals surface area contributed by atoms with Crippen molar-refractivity contribution in [1.29, 1.82) is 0 Å². The zero-order valence-electron chi connectivity index (χ0n) is 18.6. The van der Waals surface area contributed by atoms with E-state index in [-0.39, 0.29) is 39.2 Å². The summed E-state index contributed by atoms with van der Waals surface area (Å²) in [5.41, 5.74) is 0.348. The lowest BCUT2D eigenvalue weighted by atomic mass is 9.96. The number of nitrogens with zero attached hydrogens (tertiary/aromatic N) is 3. The second kappa shape index (κ2) is 9.36. The lowest BCUT2D eigenvalue weighted by molar-refractivity contribution is -0.0356. The van der Waals surface area contributed by atoms with E-state index in [9.17, 15) is 9.18 Å². The van der Waals surface area contributed by atoms with Gasteiger partial charge in [0, 0.05) is 35.7 Å². The normalized spacial score (nSPS) is 19.3. The molecule has 0 saturated heterocycles. The van der Waals surface area contributed by atoms with Gasteiger partial charge >= 0.3 is 0 Å². The largest absolute Gasteiger partial charge is 0.488 e. The summed E-state index contributed by atoms with van der Waals surface area (Å²) in [7, 11) is 0. The quantitative estimate of drug-likeness (QED) is 0.345. The van der Waals surface area contributed by atoms with Crippen molar-refractivity contribution in [3.8, 4) is 16.9 Å². The molecule has 6 nitrogen and oxygen atoms in total. The first kappa shape index (κ1) is 24.5. The average Bonchev–Trinajstić information content (AvgIpc) is 3.32. The number of hydrogen-bond donors (Lipinski definition) is 0. The third kappa shape index (κ3) is 4.55. The molecule has 2 aliphatic rings. The molecule has 2 aliphatic heterocycles. The molecular weight excluding hydrogens is 539 g/mol. The molecule has 0 amide bonds. The predicted octanol–water partition coefficient (Wildman–Crippen LogP) is 6.83. The van der Waals surface area contributed by atoms with Gasteiger partial charge in [0.1, 0.15) is 23.3 Å². The maximum Gasteiger partial charge on any atom is 0.276 e. The first-order valence-electron chi connectivity index (χ1n) is 11.0. The Labute approximate surface area is 220 Å². The topological polar surface area (TPSA) is 57.8 Å². The summed E-state index contributed by atoms with van der Waals surface area (Å²) in [6.45, 7) is 3.03. The fourth-order valence-corrected chi connectivity index (χ4v) is 5.42. The molecule has 0 fully saturated rings. The number of aromatic nitrogens is 2. The van der Waals surface area contributed by atoms with E-state index in [1.807, 2.05) is 6.92 Å². The van der Waals surface area contributed by atoms with Crippen molar-refractivity contribution in [2.75, 3.05) is 6.61 Å². The van der Waals surface area contributed by atoms with Gasteiger partial charge in [0.2, 0.25) is 0 Å². The van der Waals surface area contributed by atoms with Crippen molar-refractivity contribution in [2.45, 2.75) is 44.9 Å². The van der Waals surface area contributed by atoms with Crippen LogP contribution in [0.15, 0.2) is 40.3 Å². The van der Waals surface area contributed by atoms with Crippen molar-refractivity contribution < 1.29 is 14.0 Å². The molecule has 1 unspecified atom stereocenters. The Bertz CT molecular complexity index is 1420. The number of benzene rings is 2. The van der Waals surface area contributed by atoms with Gasteiger partial charge in [-0.1, -0.05) is 57.6 Å². The van der Waals surface area contributed by atoms with Gasteiger partial charge in [-0.3, -0.25) is 9.48 Å². The summed E-state index contributed by atoms with van der Waals surface area (Å²) < 4.78 is 24.1. The number of rotatable bonds is 5. The average molecular weight is 559 g/mol. The van der Waals surface area contributed by atoms with E-state index < -0.39 is 11.4 Å². The Balaban J connectivity index is 1.38. The minimum Gasteiger partial charge on any atom is -0.488 e. The fraction of sp³-hybridized carbons (Fsp3) is 0.333. The summed E-state index contributed by atoms with van der Waals surface area (Å²) in [5, 5.41) is 5.43. The molecule has 0 N–H and O–H groups in total. The minimum atomic E-state index is -0.817. The van der Waals surface area contributed by atoms with E-state index in [2.05, 4.69) is 5.16 Å². The summed E-state index contributed by atoms with van der Waals surface area (Å²) in [4.78, 5) is 18.6. The highest BCUT2D eigenvalue weighted by molar-refractivity contribution is 6.37. The maximum absolute atomic E-state index is 14.9. The van der Waals surface area contributed by atoms with E-state index >= 15 is 0 Å². The van der Waals surface area contributed by atoms with Crippen LogP contribution in [0.2, 0.25) is 20.2 Å². The highest BCUT2D eigenvalue weighted by Crippen LogP contribution is 2.37. The van der Waals surface area contributed by atoms with Crippen LogP contribution in [0.3, 0.4) is 0 Å². The van der Waals surface area contributed by atoms with Crippen molar-refractivity contribution in [3.63, 3.8) is 0 Å². The predicted molar refractivity (Wildman–Crippen MR) is 136 cm³/mol. The van der Waals surface area contributed by atoms with Crippen LogP contribution in [0, 0.1) is 5.82 Å². The number of fused-ring (bicyclic) bond motifs is 1. The van der Waals surface area contributed by atoms with Gasteiger partial charge in [-0.15, -0.1) is 0 Å². The highest BCUT2D eigenvalue weighted by Gasteiger charge is 2.37. The Kier molecular flexibility index (Phi) is 6.55. The van der Waals surface area contributed by atoms with Crippen molar-refractivity contribution in [1.82, 2.24) is 9.36 Å². The smallest absolute Gasteiger partial charge is 0.276 e. The van der Waals surface area contributed by atoms with Crippen LogP contribution in [0.4, 0.5) is 4.39 Å². The lowest BCUT2D eigenvalue weighted by Crippen LogP contribution is -2.33. The van der Waals surface area contributed by atoms with Crippen LogP contribution in [0.1, 0.15) is 31.7 Å². The molecule has 0 aliphatic carbocycles. The van der Waals surface area contributed by atoms with Gasteiger partial charge in [0.05, 0.1) is 21.3 Å². The third-order valence-corrected chi connectivity index (χ3v) is 7.37. The molecule has 0 spiro atoms. The van der Waals surface area contributed by atoms with Crippen molar-refractivity contribution in [3.05, 3.63) is 72.3 Å². The molecule has 0 saturated carbocycles. The van der Waals surface area contributed by atoms with Gasteiger partial charge < -0.3 is 9.57 Å². The number of ether oxygens (including phenoxy) is 1. The van der Waals surface area contributed by atoms with E-state index in [0.717, 1.165) is 24.5 Å². The van der Waals surface area contributed by atoms with E-state index in [4.69, 9.17) is 56.0 Å². The second-order valence-electron chi connectivity index (χ2n) is 8.86. The molecule has 0 bridgehead atoms. The Morgan fingerprint density at radius 1 is 1.06 bits per heavy atom. The summed E-state index contributed by atoms with van der Waals surface area (Å²) in [5.74, 6) is -0.452. The number of hydrogen-bond acceptors (Lipinski definition) is 4. The zero-order valence-corrected chi connectivity index (χ0v) is 21.6. The second-order valence-corrected chi connectivity index (χ2v) is 10.5. The third-order valence-electron chi connectivity index (χ3n) is 6.15. The Morgan fingerprint density at radius 2 is 1.80 bits per heavy atom. The molecule has 0 radical (unpaired) electrons. The van der Waals surface area contributed by atoms with Crippen LogP contribution < -0.4 is 10.3 Å². The summed E-state index contributed by atoms with van der Waals surface area (Å²) in [6, 6.07) is 7.67. The molecular formula is C24H20Cl4FN3O3. The van der Waals surface area contributed by atoms with Crippen LogP contribution in [-0.2, 0) is 17.9 Å². The molecule has 1 aromatic heterocycles. The SMILES string of the molecule is CC1(COc2cc(-c3c(Cl)n4n(c3=O)CCCC4)c(F)cc2Cl)CC(c2ccc(Cl)cc2Cl)=NO1. The van der Waals surface area contributed by atoms with Crippen LogP contribution in [0.25, 0.3) is 11.1 Å². The Hall–Kier alpha value is -2.19. The van der Waals surface area contributed by atoms with Gasteiger partial charge in [-0.05, 0) is 44.0 Å². The van der Waals surface area contributed by atoms with Gasteiger partial charge in [-0.2, -0.15) is 0 Å². The molecule has 35 heavy (non-hydrogen) atoms. The Morgan fingerprint density at radius 3 is 2.51 bits per heavy atom. The van der Waals surface area contributed by atoms with Gasteiger partial charge in [-0.25, -0.2) is 9.07 Å². The van der Waals surface area contributed by atoms with Crippen LogP contribution in [-0.4, -0.2) is 27.3 Å². The van der Waals surface area contributed by atoms with Gasteiger partial charge in [0.25, 0.3) is 5.56 Å². The van der Waals surface area contributed by atoms with Crippen LogP contribution in [0.5, 0.6) is 5.75 Å². The van der Waals surface area contributed by atoms with Crippen molar-refractivity contribution >= 4 is 52.1 Å². The molecule has 3 heterocycles. The fourth-order valence-electron chi connectivity index (χ4n) is 4.34. The van der Waals surface area contributed by atoms with Crippen LogP contribution >= 0.6 is 46.4 Å². The maximum atomic E-state index is 14.9. The van der Waals surface area contributed by atoms with E-state index in [0.29, 0.717) is 35.3 Å². The molecule has 5 rings (SSSR count). The zero-order chi connectivity index (χ0) is 24.9. The molecule has 1 atom stereocenters. The molecule has 184 valence electrons. The monoisotopic (exact) mass is 557 g/mol. The van der Waals surface area contributed by atoms with E-state index in [1.54, 1.807) is 27.6 Å². The molecule has 3 aromatic rings. The number of oxime groups is 1. The first-order chi connectivity index (χ1) is 16.7. The van der Waals surface area contributed by atoms with E-state index in [1.165, 1.54) is 6.07 Å². The first-order valence-corrected chi connectivity index (χ1v) is 12.5. The minimum absolute atomic E-state index is 0.0381. The standard InChI is InChI=1S/C24H20Cl4FN3O3/c1-24(11-19(30-35-24)14-5-4-13(25)8-16(14)26)12-34-20-9-15(18(29)10-17(20)27)21-22(28)31-6-2-3-7-32(31)23(21)33/h4-5,8-10H,2-3,6-7,11-12H2,1H3. The molecule has 11 heteroatoms. The van der Waals surface area contributed by atoms with Gasteiger partial charge in [0.15, 0.2) is 5.60 Å².